The number of hydrogen-bond donors (Lipinski definition) is 0. The lowest BCUT2D eigenvalue weighted by Gasteiger charge is -2.36. The van der Waals surface area contributed by atoms with E-state index >= 15 is 0 Å². The third kappa shape index (κ3) is 3.26. The van der Waals surface area contributed by atoms with Crippen LogP contribution in [0.3, 0.4) is 0 Å². The van der Waals surface area contributed by atoms with Crippen molar-refractivity contribution in [3.63, 3.8) is 0 Å². The van der Waals surface area contributed by atoms with Gasteiger partial charge < -0.3 is 9.80 Å². The fraction of sp³-hybridized carbons (Fsp3) is 0.278. The molecule has 1 aliphatic heterocycles. The van der Waals surface area contributed by atoms with Crippen molar-refractivity contribution in [1.82, 2.24) is 15.0 Å². The van der Waals surface area contributed by atoms with Gasteiger partial charge in [-0.25, -0.2) is 15.0 Å². The lowest BCUT2D eigenvalue weighted by atomic mass is 10.2. The van der Waals surface area contributed by atoms with E-state index in [1.807, 2.05) is 17.0 Å². The van der Waals surface area contributed by atoms with Crippen LogP contribution < -0.4 is 9.80 Å². The highest BCUT2D eigenvalue weighted by molar-refractivity contribution is 5.81. The summed E-state index contributed by atoms with van der Waals surface area (Å²) in [6.07, 6.45) is -0.152. The Balaban J connectivity index is 1.45. The van der Waals surface area contributed by atoms with Gasteiger partial charge in [0.2, 0.25) is 0 Å². The molecule has 1 saturated heterocycles. The average molecular weight is 359 g/mol. The van der Waals surface area contributed by atoms with Crippen LogP contribution in [-0.4, -0.2) is 41.1 Å². The van der Waals surface area contributed by atoms with E-state index in [9.17, 15) is 13.2 Å². The van der Waals surface area contributed by atoms with Gasteiger partial charge in [-0.3, -0.25) is 0 Å². The lowest BCUT2D eigenvalue weighted by molar-refractivity contribution is -0.137. The summed E-state index contributed by atoms with van der Waals surface area (Å²) in [5, 5.41) is 0.983. The van der Waals surface area contributed by atoms with Gasteiger partial charge in [-0.1, -0.05) is 0 Å². The zero-order valence-corrected chi connectivity index (χ0v) is 13.8. The van der Waals surface area contributed by atoms with Crippen LogP contribution in [0.5, 0.6) is 0 Å². The fourth-order valence-electron chi connectivity index (χ4n) is 3.10. The van der Waals surface area contributed by atoms with Crippen LogP contribution in [0.4, 0.5) is 24.7 Å². The monoisotopic (exact) mass is 359 g/mol. The first-order chi connectivity index (χ1) is 12.5. The van der Waals surface area contributed by atoms with Crippen molar-refractivity contribution in [2.75, 3.05) is 36.0 Å². The van der Waals surface area contributed by atoms with Crippen LogP contribution in [0.25, 0.3) is 10.9 Å². The van der Waals surface area contributed by atoms with E-state index in [0.717, 1.165) is 41.9 Å². The number of hydrogen-bond acceptors (Lipinski definition) is 5. The van der Waals surface area contributed by atoms with Crippen LogP contribution in [-0.2, 0) is 6.18 Å². The number of halogens is 3. The molecule has 0 amide bonds. The van der Waals surface area contributed by atoms with Crippen LogP contribution >= 0.6 is 0 Å². The first kappa shape index (κ1) is 16.6. The Labute approximate surface area is 148 Å². The molecular weight excluding hydrogens is 343 g/mol. The van der Waals surface area contributed by atoms with Crippen molar-refractivity contribution in [3.05, 3.63) is 54.6 Å². The Hall–Kier alpha value is -2.90. The van der Waals surface area contributed by atoms with Crippen molar-refractivity contribution in [2.24, 2.45) is 0 Å². The van der Waals surface area contributed by atoms with Gasteiger partial charge >= 0.3 is 6.18 Å². The van der Waals surface area contributed by atoms with Gasteiger partial charge in [0.1, 0.15) is 12.1 Å². The zero-order valence-electron chi connectivity index (χ0n) is 13.8. The number of fused-ring (bicyclic) bond motifs is 1. The SMILES string of the molecule is FC(F)(F)c1ccc(N2CCN(c3ccc4ncncc4c3)CC2)nc1. The Morgan fingerprint density at radius 2 is 1.62 bits per heavy atom. The average Bonchev–Trinajstić information content (AvgIpc) is 2.67. The predicted molar refractivity (Wildman–Crippen MR) is 93.2 cm³/mol. The van der Waals surface area contributed by atoms with Crippen LogP contribution in [0, 0.1) is 0 Å². The summed E-state index contributed by atoms with van der Waals surface area (Å²) in [6, 6.07) is 8.57. The molecule has 1 fully saturated rings. The molecule has 26 heavy (non-hydrogen) atoms. The first-order valence-electron chi connectivity index (χ1n) is 8.24. The number of pyridine rings is 1. The second kappa shape index (κ2) is 6.44. The quantitative estimate of drug-likeness (QED) is 0.702. The minimum Gasteiger partial charge on any atom is -0.368 e. The van der Waals surface area contributed by atoms with E-state index in [-0.39, 0.29) is 0 Å². The molecule has 0 unspecified atom stereocenters. The molecule has 3 heterocycles. The van der Waals surface area contributed by atoms with E-state index < -0.39 is 11.7 Å². The van der Waals surface area contributed by atoms with Gasteiger partial charge in [-0.15, -0.1) is 0 Å². The molecule has 0 N–H and O–H groups in total. The van der Waals surface area contributed by atoms with E-state index in [1.165, 1.54) is 12.4 Å². The summed E-state index contributed by atoms with van der Waals surface area (Å²) in [6.45, 7) is 2.92. The normalized spacial score (nSPS) is 15.5. The first-order valence-corrected chi connectivity index (χ1v) is 8.24. The second-order valence-corrected chi connectivity index (χ2v) is 6.14. The van der Waals surface area contributed by atoms with Crippen molar-refractivity contribution in [1.29, 1.82) is 0 Å². The van der Waals surface area contributed by atoms with E-state index in [1.54, 1.807) is 6.20 Å². The van der Waals surface area contributed by atoms with E-state index in [0.29, 0.717) is 18.9 Å². The molecule has 1 aromatic carbocycles. The van der Waals surface area contributed by atoms with Gasteiger partial charge in [-0.2, -0.15) is 13.2 Å². The molecule has 0 spiro atoms. The Bertz CT molecular complexity index is 903. The van der Waals surface area contributed by atoms with Crippen LogP contribution in [0.15, 0.2) is 49.1 Å². The molecule has 0 aliphatic carbocycles. The third-order valence-corrected chi connectivity index (χ3v) is 4.53. The minimum absolute atomic E-state index is 0.574. The maximum absolute atomic E-state index is 12.6. The highest BCUT2D eigenvalue weighted by Gasteiger charge is 2.31. The Morgan fingerprint density at radius 1 is 0.846 bits per heavy atom. The molecule has 2 aromatic heterocycles. The highest BCUT2D eigenvalue weighted by Crippen LogP contribution is 2.29. The summed E-state index contributed by atoms with van der Waals surface area (Å²) >= 11 is 0. The molecular formula is C18H16F3N5. The van der Waals surface area contributed by atoms with Crippen LogP contribution in [0.2, 0.25) is 0 Å². The fourth-order valence-corrected chi connectivity index (χ4v) is 3.10. The smallest absolute Gasteiger partial charge is 0.368 e. The van der Waals surface area contributed by atoms with Gasteiger partial charge in [0.25, 0.3) is 0 Å². The van der Waals surface area contributed by atoms with Gasteiger partial charge in [0, 0.05) is 49.6 Å². The maximum Gasteiger partial charge on any atom is 0.417 e. The Kier molecular flexibility index (Phi) is 4.10. The standard InChI is InChI=1S/C18H16F3N5/c19-18(20,21)14-1-4-17(23-11-14)26-7-5-25(6-8-26)15-2-3-16-13(9-15)10-22-12-24-16/h1-4,9-12H,5-8H2. The minimum atomic E-state index is -4.36. The number of nitrogens with zero attached hydrogens (tertiary/aromatic N) is 5. The molecule has 0 radical (unpaired) electrons. The third-order valence-electron chi connectivity index (χ3n) is 4.53. The molecule has 8 heteroatoms. The van der Waals surface area contributed by atoms with Crippen molar-refractivity contribution in [2.45, 2.75) is 6.18 Å². The molecule has 0 bridgehead atoms. The zero-order chi connectivity index (χ0) is 18.1. The van der Waals surface area contributed by atoms with E-state index in [4.69, 9.17) is 0 Å². The number of rotatable bonds is 2. The second-order valence-electron chi connectivity index (χ2n) is 6.14. The molecule has 3 aromatic rings. The number of benzene rings is 1. The molecule has 4 rings (SSSR count). The summed E-state index contributed by atoms with van der Waals surface area (Å²) in [4.78, 5) is 16.5. The number of aromatic nitrogens is 3. The van der Waals surface area contributed by atoms with Crippen molar-refractivity contribution < 1.29 is 13.2 Å². The molecule has 0 saturated carbocycles. The van der Waals surface area contributed by atoms with Crippen LogP contribution in [0.1, 0.15) is 5.56 Å². The molecule has 1 aliphatic rings. The summed E-state index contributed by atoms with van der Waals surface area (Å²) in [7, 11) is 0. The number of alkyl halides is 3. The van der Waals surface area contributed by atoms with Gasteiger partial charge in [0.15, 0.2) is 0 Å². The largest absolute Gasteiger partial charge is 0.417 e. The molecule has 0 atom stereocenters. The summed E-state index contributed by atoms with van der Waals surface area (Å²) < 4.78 is 37.9. The maximum atomic E-state index is 12.6. The van der Waals surface area contributed by atoms with Crippen molar-refractivity contribution >= 4 is 22.4 Å². The number of piperazine rings is 1. The summed E-state index contributed by atoms with van der Waals surface area (Å²) in [5.41, 5.74) is 1.27. The molecule has 134 valence electrons. The van der Waals surface area contributed by atoms with Gasteiger partial charge in [0.05, 0.1) is 11.1 Å². The van der Waals surface area contributed by atoms with Gasteiger partial charge in [-0.05, 0) is 30.3 Å². The Morgan fingerprint density at radius 3 is 2.31 bits per heavy atom. The molecule has 5 nitrogen and oxygen atoms in total. The topological polar surface area (TPSA) is 45.2 Å². The number of anilines is 2. The highest BCUT2D eigenvalue weighted by atomic mass is 19.4. The summed E-state index contributed by atoms with van der Waals surface area (Å²) in [5.74, 6) is 0.574. The van der Waals surface area contributed by atoms with Crippen molar-refractivity contribution in [3.8, 4) is 0 Å². The predicted octanol–water partition coefficient (Wildman–Crippen LogP) is 3.37. The van der Waals surface area contributed by atoms with E-state index in [2.05, 4.69) is 25.9 Å². The lowest BCUT2D eigenvalue weighted by Crippen LogP contribution is -2.46.